The Kier molecular flexibility index (Phi) is 14.5. The van der Waals surface area contributed by atoms with E-state index in [1.54, 1.807) is 24.3 Å². The number of hydrogen-bond donors (Lipinski definition) is 0. The van der Waals surface area contributed by atoms with E-state index in [4.69, 9.17) is 19.9 Å². The van der Waals surface area contributed by atoms with Crippen molar-refractivity contribution in [3.8, 4) is 34.7 Å². The van der Waals surface area contributed by atoms with Gasteiger partial charge in [-0.1, -0.05) is 42.6 Å². The summed E-state index contributed by atoms with van der Waals surface area (Å²) in [5, 5.41) is 20.9. The summed E-state index contributed by atoms with van der Waals surface area (Å²) in [6.07, 6.45) is 9.39. The van der Waals surface area contributed by atoms with Gasteiger partial charge in [0.05, 0.1) is 17.6 Å². The Balaban J connectivity index is 0.000000192. The number of aromatic nitrogens is 6. The highest BCUT2D eigenvalue weighted by Crippen LogP contribution is 2.40. The van der Waals surface area contributed by atoms with Gasteiger partial charge in [-0.2, -0.15) is 14.8 Å². The van der Waals surface area contributed by atoms with Crippen LogP contribution in [-0.2, 0) is 22.9 Å². The van der Waals surface area contributed by atoms with E-state index in [0.717, 1.165) is 73.0 Å². The molecule has 0 spiro atoms. The van der Waals surface area contributed by atoms with Crippen LogP contribution in [0.1, 0.15) is 71.9 Å². The first-order chi connectivity index (χ1) is 33.1. The molecule has 0 bridgehead atoms. The fourth-order valence-corrected chi connectivity index (χ4v) is 11.7. The van der Waals surface area contributed by atoms with Gasteiger partial charge in [0, 0.05) is 54.2 Å². The van der Waals surface area contributed by atoms with E-state index in [2.05, 4.69) is 79.7 Å². The molecule has 0 saturated carbocycles. The lowest BCUT2D eigenvalue weighted by molar-refractivity contribution is 0.446. The van der Waals surface area contributed by atoms with Gasteiger partial charge in [0.2, 0.25) is 10.0 Å². The molecule has 69 heavy (non-hydrogen) atoms. The van der Waals surface area contributed by atoms with Gasteiger partial charge < -0.3 is 9.80 Å². The molecule has 13 nitrogen and oxygen atoms in total. The minimum Gasteiger partial charge on any atom is -0.302 e. The molecule has 7 heterocycles. The van der Waals surface area contributed by atoms with E-state index in [1.807, 2.05) is 39.1 Å². The molecule has 19 heteroatoms. The molecule has 2 aromatic carbocycles. The normalized spacial score (nSPS) is 13.0. The van der Waals surface area contributed by atoms with Gasteiger partial charge in [-0.05, 0) is 146 Å². The molecule has 1 aliphatic rings. The van der Waals surface area contributed by atoms with Gasteiger partial charge >= 0.3 is 0 Å². The largest absolute Gasteiger partial charge is 0.302 e. The predicted molar refractivity (Wildman–Crippen MR) is 275 cm³/mol. The zero-order chi connectivity index (χ0) is 49.3. The molecule has 0 aliphatic carbocycles. The average Bonchev–Trinajstić information content (AvgIpc) is 4.14. The Morgan fingerprint density at radius 1 is 0.710 bits per heavy atom. The number of halogens is 3. The molecule has 0 fully saturated rings. The van der Waals surface area contributed by atoms with Crippen LogP contribution < -0.4 is 9.80 Å². The summed E-state index contributed by atoms with van der Waals surface area (Å²) in [4.78, 5) is 24.6. The SMILES string of the molecule is CCc1nc2c(C)cc(Br)cn2c1N(CC)c1nc(-c2ccc(F)cc2)c(C#N)s1.CCc1nc2c(C)cc(C3=CCN(S(C)(=O)=O)CC3)cn2c1N(CC)c1nc(-c2ccc(F)cc2)c(C#N)s1. The third kappa shape index (κ3) is 9.79. The number of hydrogen-bond acceptors (Lipinski definition) is 12. The van der Waals surface area contributed by atoms with Crippen molar-refractivity contribution in [2.45, 2.75) is 60.8 Å². The van der Waals surface area contributed by atoms with Crippen molar-refractivity contribution in [2.24, 2.45) is 0 Å². The number of imidazole rings is 2. The number of thiazole rings is 2. The topological polar surface area (TPSA) is 152 Å². The van der Waals surface area contributed by atoms with E-state index in [0.29, 0.717) is 76.0 Å². The smallest absolute Gasteiger partial charge is 0.211 e. The molecular weight excluding hydrogens is 1000 g/mol. The first-order valence-electron chi connectivity index (χ1n) is 22.3. The predicted octanol–water partition coefficient (Wildman–Crippen LogP) is 11.8. The second-order valence-electron chi connectivity index (χ2n) is 16.3. The summed E-state index contributed by atoms with van der Waals surface area (Å²) in [6.45, 7) is 14.3. The standard InChI is InChI=1S/C28H29FN6O2S2.C22H19BrFN5S/c1-5-23-27(34(6-2)28-32-25(24(16-30)38-28)20-7-9-22(29)10-8-20)35-17-21(15-18(3)26(35)31-23)19-11-13-33(14-12-19)39(4,36)37;1-4-17-21(29-12-15(23)10-13(3)20(29)26-17)28(5-2)22-27-19(18(11-25)30-22)14-6-8-16(24)9-7-14/h7-11,15,17H,5-6,12-14H2,1-4H3;6-10,12H,4-5H2,1-3H3. The monoisotopic (exact) mass is 1050 g/mol. The van der Waals surface area contributed by atoms with Crippen molar-refractivity contribution in [3.05, 3.63) is 133 Å². The van der Waals surface area contributed by atoms with E-state index in [9.17, 15) is 27.7 Å². The van der Waals surface area contributed by atoms with Crippen LogP contribution in [0.2, 0.25) is 0 Å². The maximum Gasteiger partial charge on any atom is 0.211 e. The molecule has 1 aliphatic heterocycles. The van der Waals surface area contributed by atoms with Crippen molar-refractivity contribution < 1.29 is 17.2 Å². The highest BCUT2D eigenvalue weighted by molar-refractivity contribution is 9.10. The highest BCUT2D eigenvalue weighted by Gasteiger charge is 2.27. The molecule has 8 aromatic rings. The minimum atomic E-state index is -3.23. The molecule has 0 atom stereocenters. The van der Waals surface area contributed by atoms with Gasteiger partial charge in [0.15, 0.2) is 10.3 Å². The second-order valence-corrected chi connectivity index (χ2v) is 21.1. The molecule has 0 N–H and O–H groups in total. The van der Waals surface area contributed by atoms with Gasteiger partial charge in [0.25, 0.3) is 0 Å². The van der Waals surface area contributed by atoms with Crippen LogP contribution in [0.15, 0.2) is 83.6 Å². The quantitative estimate of drug-likeness (QED) is 0.116. The zero-order valence-electron chi connectivity index (χ0n) is 39.0. The van der Waals surface area contributed by atoms with Crippen LogP contribution in [0, 0.1) is 48.1 Å². The second kappa shape index (κ2) is 20.3. The number of aryl methyl sites for hydroxylation is 4. The number of nitriles is 2. The van der Waals surface area contributed by atoms with Crippen LogP contribution in [0.4, 0.5) is 30.7 Å². The molecule has 9 rings (SSSR count). The number of fused-ring (bicyclic) bond motifs is 2. The molecule has 0 unspecified atom stereocenters. The molecule has 354 valence electrons. The highest BCUT2D eigenvalue weighted by atomic mass is 79.9. The molecule has 6 aromatic heterocycles. The number of pyridine rings is 2. The summed E-state index contributed by atoms with van der Waals surface area (Å²) in [6, 6.07) is 20.7. The van der Waals surface area contributed by atoms with Crippen molar-refractivity contribution in [2.75, 3.05) is 42.2 Å². The van der Waals surface area contributed by atoms with Crippen LogP contribution in [0.3, 0.4) is 0 Å². The van der Waals surface area contributed by atoms with E-state index >= 15 is 0 Å². The lowest BCUT2D eigenvalue weighted by Crippen LogP contribution is -2.33. The van der Waals surface area contributed by atoms with Crippen molar-refractivity contribution in [3.63, 3.8) is 0 Å². The Labute approximate surface area is 416 Å². The first-order valence-corrected chi connectivity index (χ1v) is 26.6. The van der Waals surface area contributed by atoms with Crippen molar-refractivity contribution >= 4 is 87.4 Å². The molecule has 0 amide bonds. The summed E-state index contributed by atoms with van der Waals surface area (Å²) >= 11 is 6.22. The van der Waals surface area contributed by atoms with Gasteiger partial charge in [-0.3, -0.25) is 8.80 Å². The Morgan fingerprint density at radius 2 is 1.17 bits per heavy atom. The number of anilines is 4. The fourth-order valence-electron chi connectivity index (χ4n) is 8.44. The van der Waals surface area contributed by atoms with Crippen LogP contribution in [0.25, 0.3) is 39.4 Å². The number of benzene rings is 2. The van der Waals surface area contributed by atoms with E-state index < -0.39 is 10.0 Å². The average molecular weight is 1050 g/mol. The molecular formula is C50H48BrF2N11O2S3. The summed E-state index contributed by atoms with van der Waals surface area (Å²) in [7, 11) is -3.23. The van der Waals surface area contributed by atoms with Crippen LogP contribution >= 0.6 is 38.6 Å². The van der Waals surface area contributed by atoms with Gasteiger partial charge in [-0.15, -0.1) is 0 Å². The van der Waals surface area contributed by atoms with Gasteiger partial charge in [0.1, 0.15) is 67.8 Å². The first kappa shape index (κ1) is 49.1. The zero-order valence-corrected chi connectivity index (χ0v) is 43.1. The lowest BCUT2D eigenvalue weighted by Gasteiger charge is -2.25. The number of sulfonamides is 1. The van der Waals surface area contributed by atoms with E-state index in [-0.39, 0.29) is 11.6 Å². The maximum absolute atomic E-state index is 13.5. The third-order valence-corrected chi connectivity index (χ3v) is 15.5. The Hall–Kier alpha value is -6.35. The lowest BCUT2D eigenvalue weighted by atomic mass is 10.0. The van der Waals surface area contributed by atoms with Crippen LogP contribution in [0.5, 0.6) is 0 Å². The molecule has 0 radical (unpaired) electrons. The third-order valence-electron chi connectivity index (χ3n) is 11.8. The maximum atomic E-state index is 13.5. The van der Waals surface area contributed by atoms with Crippen LogP contribution in [-0.4, -0.2) is 73.9 Å². The van der Waals surface area contributed by atoms with Crippen molar-refractivity contribution in [1.29, 1.82) is 10.5 Å². The minimum absolute atomic E-state index is 0.317. The Bertz CT molecular complexity index is 3460. The van der Waals surface area contributed by atoms with E-state index in [1.165, 1.54) is 57.5 Å². The summed E-state index contributed by atoms with van der Waals surface area (Å²) < 4.78 is 57.4. The number of nitrogens with zero attached hydrogens (tertiary/aromatic N) is 11. The van der Waals surface area contributed by atoms with Crippen molar-refractivity contribution in [1.82, 2.24) is 33.0 Å². The number of rotatable bonds is 12. The Morgan fingerprint density at radius 3 is 1.58 bits per heavy atom. The summed E-state index contributed by atoms with van der Waals surface area (Å²) in [5.41, 5.74) is 10.3. The molecule has 0 saturated heterocycles. The summed E-state index contributed by atoms with van der Waals surface area (Å²) in [5.74, 6) is 1.17. The van der Waals surface area contributed by atoms with Gasteiger partial charge in [-0.25, -0.2) is 37.1 Å². The fraction of sp³-hybridized carbons (Fsp3) is 0.280.